The number of aromatic nitrogens is 1. The Balaban J connectivity index is 1.80. The number of benzene rings is 1. The number of nitrogens with zero attached hydrogens (tertiary/aromatic N) is 3. The first kappa shape index (κ1) is 20.8. The zero-order chi connectivity index (χ0) is 20.1. The van der Waals surface area contributed by atoms with Crippen molar-refractivity contribution in [2.75, 3.05) is 22.9 Å². The van der Waals surface area contributed by atoms with Crippen molar-refractivity contribution in [1.82, 2.24) is 4.98 Å². The van der Waals surface area contributed by atoms with Crippen molar-refractivity contribution in [1.29, 1.82) is 0 Å². The molecule has 3 rings (SSSR count). The van der Waals surface area contributed by atoms with E-state index in [-0.39, 0.29) is 11.7 Å². The van der Waals surface area contributed by atoms with Crippen LogP contribution in [-0.4, -0.2) is 24.0 Å². The molecule has 1 aromatic heterocycles. The van der Waals surface area contributed by atoms with E-state index >= 15 is 0 Å². The van der Waals surface area contributed by atoms with Gasteiger partial charge < -0.3 is 9.80 Å². The van der Waals surface area contributed by atoms with E-state index in [1.165, 1.54) is 44.2 Å². The SMILES string of the molecule is CC(C)(C)C(=O)N(Cc1csc(N2CCCCCCC2)n1)c1ccc(F)cc1. The summed E-state index contributed by atoms with van der Waals surface area (Å²) in [5, 5.41) is 3.08. The molecule has 1 fully saturated rings. The molecule has 1 aliphatic heterocycles. The van der Waals surface area contributed by atoms with Gasteiger partial charge in [0.1, 0.15) is 5.82 Å². The first-order chi connectivity index (χ1) is 13.3. The maximum atomic E-state index is 13.4. The average Bonchev–Trinajstić information content (AvgIpc) is 3.07. The molecule has 1 aromatic carbocycles. The molecule has 4 nitrogen and oxygen atoms in total. The molecule has 6 heteroatoms. The molecule has 152 valence electrons. The van der Waals surface area contributed by atoms with Crippen LogP contribution in [-0.2, 0) is 11.3 Å². The number of amides is 1. The van der Waals surface area contributed by atoms with Gasteiger partial charge in [-0.2, -0.15) is 0 Å². The van der Waals surface area contributed by atoms with Crippen molar-refractivity contribution < 1.29 is 9.18 Å². The topological polar surface area (TPSA) is 36.4 Å². The standard InChI is InChI=1S/C22H30FN3OS/c1-22(2,3)20(27)26(19-11-9-17(23)10-12-19)15-18-16-28-21(24-18)25-13-7-5-4-6-8-14-25/h9-12,16H,4-8,13-15H2,1-3H3. The summed E-state index contributed by atoms with van der Waals surface area (Å²) in [6, 6.07) is 6.10. The fraction of sp³-hybridized carbons (Fsp3) is 0.545. The van der Waals surface area contributed by atoms with Gasteiger partial charge in [0.05, 0.1) is 12.2 Å². The summed E-state index contributed by atoms with van der Waals surface area (Å²) < 4.78 is 13.4. The Labute approximate surface area is 171 Å². The highest BCUT2D eigenvalue weighted by atomic mass is 32.1. The first-order valence-corrected chi connectivity index (χ1v) is 11.0. The fourth-order valence-electron chi connectivity index (χ4n) is 3.42. The number of thiazole rings is 1. The lowest BCUT2D eigenvalue weighted by Crippen LogP contribution is -2.39. The van der Waals surface area contributed by atoms with Gasteiger partial charge in [-0.1, -0.05) is 40.0 Å². The Morgan fingerprint density at radius 3 is 2.32 bits per heavy atom. The van der Waals surface area contributed by atoms with E-state index in [0.29, 0.717) is 12.2 Å². The van der Waals surface area contributed by atoms with Crippen molar-refractivity contribution in [2.45, 2.75) is 59.4 Å². The summed E-state index contributed by atoms with van der Waals surface area (Å²) in [5.74, 6) is -0.306. The molecule has 28 heavy (non-hydrogen) atoms. The molecule has 1 aliphatic rings. The quantitative estimate of drug-likeness (QED) is 0.664. The van der Waals surface area contributed by atoms with Gasteiger partial charge in [0, 0.05) is 29.6 Å². The van der Waals surface area contributed by atoms with E-state index in [4.69, 9.17) is 4.98 Å². The number of anilines is 2. The van der Waals surface area contributed by atoms with E-state index in [1.54, 1.807) is 28.4 Å². The van der Waals surface area contributed by atoms with Crippen LogP contribution in [0, 0.1) is 11.2 Å². The average molecular weight is 404 g/mol. The molecule has 0 bridgehead atoms. The summed E-state index contributed by atoms with van der Waals surface area (Å²) in [4.78, 5) is 22.0. The second-order valence-corrected chi connectivity index (χ2v) is 9.33. The lowest BCUT2D eigenvalue weighted by Gasteiger charge is -2.29. The molecule has 1 amide bonds. The molecular formula is C22H30FN3OS. The van der Waals surface area contributed by atoms with Gasteiger partial charge >= 0.3 is 0 Å². The van der Waals surface area contributed by atoms with Crippen LogP contribution in [0.1, 0.15) is 58.6 Å². The lowest BCUT2D eigenvalue weighted by molar-refractivity contribution is -0.125. The smallest absolute Gasteiger partial charge is 0.232 e. The van der Waals surface area contributed by atoms with Gasteiger partial charge in [-0.05, 0) is 37.1 Å². The summed E-state index contributed by atoms with van der Waals surface area (Å²) in [6.45, 7) is 8.20. The summed E-state index contributed by atoms with van der Waals surface area (Å²) >= 11 is 1.65. The Hall–Kier alpha value is -1.95. The second-order valence-electron chi connectivity index (χ2n) is 8.49. The third-order valence-corrected chi connectivity index (χ3v) is 5.96. The predicted octanol–water partition coefficient (Wildman–Crippen LogP) is 5.63. The molecule has 0 N–H and O–H groups in total. The molecule has 0 unspecified atom stereocenters. The van der Waals surface area contributed by atoms with Crippen LogP contribution in [0.5, 0.6) is 0 Å². The number of carbonyl (C=O) groups is 1. The van der Waals surface area contributed by atoms with Crippen LogP contribution in [0.15, 0.2) is 29.6 Å². The van der Waals surface area contributed by atoms with Crippen LogP contribution >= 0.6 is 11.3 Å². The third kappa shape index (κ3) is 5.31. The summed E-state index contributed by atoms with van der Waals surface area (Å²) in [5.41, 5.74) is 1.04. The van der Waals surface area contributed by atoms with E-state index in [9.17, 15) is 9.18 Å². The lowest BCUT2D eigenvalue weighted by atomic mass is 9.94. The Morgan fingerprint density at radius 2 is 1.71 bits per heavy atom. The van der Waals surface area contributed by atoms with Gasteiger partial charge in [-0.3, -0.25) is 4.79 Å². The van der Waals surface area contributed by atoms with E-state index in [0.717, 1.165) is 23.9 Å². The largest absolute Gasteiger partial charge is 0.348 e. The second kappa shape index (κ2) is 9.03. The van der Waals surface area contributed by atoms with Gasteiger partial charge in [0.25, 0.3) is 0 Å². The minimum Gasteiger partial charge on any atom is -0.348 e. The van der Waals surface area contributed by atoms with Crippen molar-refractivity contribution >= 4 is 28.1 Å². The maximum absolute atomic E-state index is 13.4. The third-order valence-electron chi connectivity index (χ3n) is 5.01. The van der Waals surface area contributed by atoms with Crippen molar-refractivity contribution in [3.63, 3.8) is 0 Å². The minimum atomic E-state index is -0.531. The highest BCUT2D eigenvalue weighted by molar-refractivity contribution is 7.13. The fourth-order valence-corrected chi connectivity index (χ4v) is 4.29. The zero-order valence-electron chi connectivity index (χ0n) is 17.1. The molecule has 0 atom stereocenters. The van der Waals surface area contributed by atoms with Gasteiger partial charge in [0.15, 0.2) is 5.13 Å². The van der Waals surface area contributed by atoms with Crippen LogP contribution in [0.2, 0.25) is 0 Å². The summed E-state index contributed by atoms with van der Waals surface area (Å²) in [6.07, 6.45) is 6.32. The molecule has 0 radical (unpaired) electrons. The monoisotopic (exact) mass is 403 g/mol. The molecule has 0 saturated carbocycles. The van der Waals surface area contributed by atoms with Crippen molar-refractivity contribution in [3.8, 4) is 0 Å². The number of rotatable bonds is 4. The van der Waals surface area contributed by atoms with E-state index in [2.05, 4.69) is 4.90 Å². The van der Waals surface area contributed by atoms with Gasteiger partial charge in [-0.25, -0.2) is 9.37 Å². The first-order valence-electron chi connectivity index (χ1n) is 10.1. The van der Waals surface area contributed by atoms with Gasteiger partial charge in [0.2, 0.25) is 5.91 Å². The van der Waals surface area contributed by atoms with Crippen molar-refractivity contribution in [2.24, 2.45) is 5.41 Å². The Morgan fingerprint density at radius 1 is 1.11 bits per heavy atom. The van der Waals surface area contributed by atoms with Crippen molar-refractivity contribution in [3.05, 3.63) is 41.2 Å². The number of carbonyl (C=O) groups excluding carboxylic acids is 1. The van der Waals surface area contributed by atoms with Gasteiger partial charge in [-0.15, -0.1) is 11.3 Å². The van der Waals surface area contributed by atoms with E-state index in [1.807, 2.05) is 26.2 Å². The molecule has 2 heterocycles. The number of halogens is 1. The number of hydrogen-bond acceptors (Lipinski definition) is 4. The van der Waals surface area contributed by atoms with Crippen LogP contribution in [0.4, 0.5) is 15.2 Å². The highest BCUT2D eigenvalue weighted by Gasteiger charge is 2.29. The Kier molecular flexibility index (Phi) is 6.70. The molecule has 2 aromatic rings. The highest BCUT2D eigenvalue weighted by Crippen LogP contribution is 2.28. The van der Waals surface area contributed by atoms with Crippen LogP contribution < -0.4 is 9.80 Å². The normalized spacial score (nSPS) is 15.8. The minimum absolute atomic E-state index is 0.0000757. The van der Waals surface area contributed by atoms with E-state index < -0.39 is 5.41 Å². The van der Waals surface area contributed by atoms with Crippen LogP contribution in [0.25, 0.3) is 0 Å². The molecular weight excluding hydrogens is 373 g/mol. The zero-order valence-corrected chi connectivity index (χ0v) is 17.9. The molecule has 0 aliphatic carbocycles. The number of hydrogen-bond donors (Lipinski definition) is 0. The predicted molar refractivity (Wildman–Crippen MR) is 114 cm³/mol. The molecule has 1 saturated heterocycles. The van der Waals surface area contributed by atoms with Crippen LogP contribution in [0.3, 0.4) is 0 Å². The Bertz CT molecular complexity index is 774. The maximum Gasteiger partial charge on any atom is 0.232 e. The molecule has 0 spiro atoms. The summed E-state index contributed by atoms with van der Waals surface area (Å²) in [7, 11) is 0.